The Kier molecular flexibility index (Phi) is 6.49. The lowest BCUT2D eigenvalue weighted by Gasteiger charge is -2.05. The number of nitrogens with zero attached hydrogens (tertiary/aromatic N) is 2. The van der Waals surface area contributed by atoms with Gasteiger partial charge in [-0.05, 0) is 36.1 Å². The first-order valence-electron chi connectivity index (χ1n) is 9.11. The summed E-state index contributed by atoms with van der Waals surface area (Å²) in [5.41, 5.74) is 3.24. The molecular formula is C22H22N2O2S. The number of aromatic nitrogens is 2. The molecule has 0 saturated carbocycles. The van der Waals surface area contributed by atoms with Crippen LogP contribution < -0.4 is 4.74 Å². The van der Waals surface area contributed by atoms with E-state index in [1.165, 1.54) is 6.08 Å². The zero-order chi connectivity index (χ0) is 19.1. The van der Waals surface area contributed by atoms with Crippen LogP contribution in [0.25, 0.3) is 21.7 Å². The summed E-state index contributed by atoms with van der Waals surface area (Å²) in [5, 5.41) is 10.5. The molecule has 0 atom stereocenters. The van der Waals surface area contributed by atoms with Crippen molar-refractivity contribution in [2.45, 2.75) is 33.1 Å². The fourth-order valence-electron chi connectivity index (χ4n) is 2.57. The standard InChI is InChI=1S/C22H22N2O2S/c1-3-5-7-21(25)26-19-14-12-17(13-15-19)16-8-10-18(11-9-16)22-24-23-20(27-22)6-4-2/h5,7-15H,3-4,6H2,1-2H3/b7-5+. The van der Waals surface area contributed by atoms with E-state index in [2.05, 4.69) is 41.4 Å². The molecule has 27 heavy (non-hydrogen) atoms. The summed E-state index contributed by atoms with van der Waals surface area (Å²) in [5.74, 6) is 0.187. The number of hydrogen-bond donors (Lipinski definition) is 0. The molecule has 3 aromatic rings. The fraction of sp³-hybridized carbons (Fsp3) is 0.227. The smallest absolute Gasteiger partial charge is 0.335 e. The van der Waals surface area contributed by atoms with Crippen LogP contribution in [0.4, 0.5) is 0 Å². The number of hydrogen-bond acceptors (Lipinski definition) is 5. The fourth-order valence-corrected chi connectivity index (χ4v) is 3.52. The van der Waals surface area contributed by atoms with Gasteiger partial charge in [0.2, 0.25) is 0 Å². The van der Waals surface area contributed by atoms with E-state index in [1.54, 1.807) is 17.4 Å². The van der Waals surface area contributed by atoms with Gasteiger partial charge in [0.05, 0.1) is 0 Å². The number of allylic oxidation sites excluding steroid dienone is 1. The van der Waals surface area contributed by atoms with Gasteiger partial charge in [-0.25, -0.2) is 4.79 Å². The Labute approximate surface area is 163 Å². The van der Waals surface area contributed by atoms with Crippen LogP contribution in [-0.2, 0) is 11.2 Å². The van der Waals surface area contributed by atoms with Crippen LogP contribution in [-0.4, -0.2) is 16.2 Å². The molecule has 4 nitrogen and oxygen atoms in total. The molecule has 138 valence electrons. The predicted octanol–water partition coefficient (Wildman–Crippen LogP) is 5.70. The van der Waals surface area contributed by atoms with Crippen LogP contribution in [0.3, 0.4) is 0 Å². The van der Waals surface area contributed by atoms with Crippen LogP contribution in [0.1, 0.15) is 31.7 Å². The van der Waals surface area contributed by atoms with E-state index in [1.807, 2.05) is 31.2 Å². The Hall–Kier alpha value is -2.79. The molecule has 1 aromatic heterocycles. The maximum atomic E-state index is 11.6. The Balaban J connectivity index is 1.69. The van der Waals surface area contributed by atoms with Crippen molar-refractivity contribution < 1.29 is 9.53 Å². The number of carbonyl (C=O) groups excluding carboxylic acids is 1. The maximum Gasteiger partial charge on any atom is 0.335 e. The topological polar surface area (TPSA) is 52.1 Å². The van der Waals surface area contributed by atoms with Crippen molar-refractivity contribution in [1.82, 2.24) is 10.2 Å². The summed E-state index contributed by atoms with van der Waals surface area (Å²) in [4.78, 5) is 11.6. The lowest BCUT2D eigenvalue weighted by molar-refractivity contribution is -0.129. The van der Waals surface area contributed by atoms with Crippen molar-refractivity contribution >= 4 is 17.3 Å². The molecule has 0 aliphatic heterocycles. The van der Waals surface area contributed by atoms with Gasteiger partial charge in [0.15, 0.2) is 0 Å². The molecule has 0 fully saturated rings. The van der Waals surface area contributed by atoms with E-state index in [-0.39, 0.29) is 5.97 Å². The highest BCUT2D eigenvalue weighted by atomic mass is 32.1. The van der Waals surface area contributed by atoms with Crippen LogP contribution in [0.2, 0.25) is 0 Å². The van der Waals surface area contributed by atoms with Crippen molar-refractivity contribution in [3.63, 3.8) is 0 Å². The Morgan fingerprint density at radius 1 is 0.963 bits per heavy atom. The number of aryl methyl sites for hydroxylation is 1. The van der Waals surface area contributed by atoms with Gasteiger partial charge >= 0.3 is 5.97 Å². The minimum Gasteiger partial charge on any atom is -0.423 e. The number of rotatable bonds is 7. The van der Waals surface area contributed by atoms with Gasteiger partial charge in [-0.1, -0.05) is 67.7 Å². The minimum atomic E-state index is -0.353. The molecular weight excluding hydrogens is 356 g/mol. The van der Waals surface area contributed by atoms with Gasteiger partial charge < -0.3 is 4.74 Å². The molecule has 0 saturated heterocycles. The normalized spacial score (nSPS) is 11.0. The Morgan fingerprint density at radius 2 is 1.59 bits per heavy atom. The molecule has 0 N–H and O–H groups in total. The highest BCUT2D eigenvalue weighted by Crippen LogP contribution is 2.28. The lowest BCUT2D eigenvalue weighted by atomic mass is 10.0. The Morgan fingerprint density at radius 3 is 2.22 bits per heavy atom. The van der Waals surface area contributed by atoms with Gasteiger partial charge in [0.25, 0.3) is 0 Å². The zero-order valence-electron chi connectivity index (χ0n) is 15.5. The summed E-state index contributed by atoms with van der Waals surface area (Å²) in [6.45, 7) is 4.11. The minimum absolute atomic E-state index is 0.353. The molecule has 1 heterocycles. The molecule has 0 unspecified atom stereocenters. The highest BCUT2D eigenvalue weighted by Gasteiger charge is 2.07. The van der Waals surface area contributed by atoms with Crippen molar-refractivity contribution in [2.75, 3.05) is 0 Å². The third-order valence-electron chi connectivity index (χ3n) is 3.96. The van der Waals surface area contributed by atoms with Gasteiger partial charge in [0, 0.05) is 18.1 Å². The summed E-state index contributed by atoms with van der Waals surface area (Å²) >= 11 is 1.65. The predicted molar refractivity (Wildman–Crippen MR) is 110 cm³/mol. The number of benzene rings is 2. The zero-order valence-corrected chi connectivity index (χ0v) is 16.3. The number of ether oxygens (including phenoxy) is 1. The van der Waals surface area contributed by atoms with Crippen molar-refractivity contribution in [3.05, 3.63) is 65.7 Å². The lowest BCUT2D eigenvalue weighted by Crippen LogP contribution is -2.03. The van der Waals surface area contributed by atoms with Crippen molar-refractivity contribution in [3.8, 4) is 27.4 Å². The van der Waals surface area contributed by atoms with Gasteiger partial charge in [-0.3, -0.25) is 0 Å². The molecule has 0 radical (unpaired) electrons. The third kappa shape index (κ3) is 5.11. The SMILES string of the molecule is CC/C=C/C(=O)Oc1ccc(-c2ccc(-c3nnc(CCC)s3)cc2)cc1. The second-order valence-corrected chi connectivity index (χ2v) is 7.15. The van der Waals surface area contributed by atoms with Crippen LogP contribution in [0, 0.1) is 0 Å². The summed E-state index contributed by atoms with van der Waals surface area (Å²) in [6, 6.07) is 15.8. The highest BCUT2D eigenvalue weighted by molar-refractivity contribution is 7.14. The molecule has 5 heteroatoms. The molecule has 3 rings (SSSR count). The van der Waals surface area contributed by atoms with Crippen molar-refractivity contribution in [1.29, 1.82) is 0 Å². The van der Waals surface area contributed by atoms with E-state index >= 15 is 0 Å². The number of carbonyl (C=O) groups is 1. The summed E-state index contributed by atoms with van der Waals surface area (Å²) in [6.07, 6.45) is 6.09. The average molecular weight is 378 g/mol. The molecule has 2 aromatic carbocycles. The quantitative estimate of drug-likeness (QED) is 0.301. The second kappa shape index (κ2) is 9.24. The van der Waals surface area contributed by atoms with Crippen LogP contribution in [0.5, 0.6) is 5.75 Å². The van der Waals surface area contributed by atoms with E-state index in [4.69, 9.17) is 4.74 Å². The van der Waals surface area contributed by atoms with Gasteiger partial charge in [0.1, 0.15) is 15.8 Å². The van der Waals surface area contributed by atoms with E-state index in [9.17, 15) is 4.79 Å². The number of esters is 1. The van der Waals surface area contributed by atoms with Crippen LogP contribution >= 0.6 is 11.3 Å². The van der Waals surface area contributed by atoms with Gasteiger partial charge in [-0.15, -0.1) is 10.2 Å². The van der Waals surface area contributed by atoms with E-state index in [0.717, 1.165) is 46.0 Å². The first-order chi connectivity index (χ1) is 13.2. The van der Waals surface area contributed by atoms with Crippen molar-refractivity contribution in [2.24, 2.45) is 0 Å². The van der Waals surface area contributed by atoms with Crippen LogP contribution in [0.15, 0.2) is 60.7 Å². The molecule has 0 aliphatic carbocycles. The second-order valence-electron chi connectivity index (χ2n) is 6.08. The Bertz CT molecular complexity index is 912. The largest absolute Gasteiger partial charge is 0.423 e. The first kappa shape index (κ1) is 19.0. The summed E-state index contributed by atoms with van der Waals surface area (Å²) < 4.78 is 5.27. The van der Waals surface area contributed by atoms with E-state index < -0.39 is 0 Å². The monoisotopic (exact) mass is 378 g/mol. The average Bonchev–Trinajstić information content (AvgIpc) is 3.16. The molecule has 0 spiro atoms. The maximum absolute atomic E-state index is 11.6. The third-order valence-corrected chi connectivity index (χ3v) is 4.99. The molecule has 0 aliphatic rings. The summed E-state index contributed by atoms with van der Waals surface area (Å²) in [7, 11) is 0. The molecule has 0 amide bonds. The molecule has 0 bridgehead atoms. The first-order valence-corrected chi connectivity index (χ1v) is 9.93. The van der Waals surface area contributed by atoms with E-state index in [0.29, 0.717) is 5.75 Å². The van der Waals surface area contributed by atoms with Gasteiger partial charge in [-0.2, -0.15) is 0 Å².